The fourth-order valence-electron chi connectivity index (χ4n) is 1.69. The van der Waals surface area contributed by atoms with Crippen LogP contribution in [0, 0.1) is 5.82 Å². The van der Waals surface area contributed by atoms with Gasteiger partial charge in [0.1, 0.15) is 11.6 Å². The molecule has 0 radical (unpaired) electrons. The molecule has 2 heterocycles. The van der Waals surface area contributed by atoms with Crippen molar-refractivity contribution < 1.29 is 13.9 Å². The lowest BCUT2D eigenvalue weighted by atomic mass is 10.2. The molecule has 2 aromatic heterocycles. The van der Waals surface area contributed by atoms with Crippen LogP contribution in [0.5, 0.6) is 5.88 Å². The number of amides is 1. The largest absolute Gasteiger partial charge is 0.481 e. The first-order valence-corrected chi connectivity index (χ1v) is 6.35. The van der Waals surface area contributed by atoms with Gasteiger partial charge in [0.05, 0.1) is 30.8 Å². The molecule has 0 aliphatic carbocycles. The molecule has 6 nitrogen and oxygen atoms in total. The first-order chi connectivity index (χ1) is 10.1. The van der Waals surface area contributed by atoms with Crippen LogP contribution in [-0.2, 0) is 0 Å². The first-order valence-electron chi connectivity index (χ1n) is 6.35. The second kappa shape index (κ2) is 6.65. The molecule has 110 valence electrons. The van der Waals surface area contributed by atoms with E-state index in [4.69, 9.17) is 4.74 Å². The molecule has 0 atom stereocenters. The number of anilines is 2. The van der Waals surface area contributed by atoms with Gasteiger partial charge in [0.2, 0.25) is 5.88 Å². The molecule has 0 saturated carbocycles. The van der Waals surface area contributed by atoms with Crippen LogP contribution >= 0.6 is 0 Å². The third-order valence-corrected chi connectivity index (χ3v) is 2.65. The van der Waals surface area contributed by atoms with Crippen molar-refractivity contribution in [3.05, 3.63) is 42.0 Å². The van der Waals surface area contributed by atoms with E-state index in [-0.39, 0.29) is 5.56 Å². The maximum absolute atomic E-state index is 13.3. The Kier molecular flexibility index (Phi) is 4.65. The third-order valence-electron chi connectivity index (χ3n) is 2.65. The topological polar surface area (TPSA) is 76.1 Å². The minimum atomic E-state index is -0.574. The number of ether oxygens (including phenoxy) is 1. The minimum absolute atomic E-state index is 0.132. The van der Waals surface area contributed by atoms with Crippen LogP contribution in [0.15, 0.2) is 30.6 Å². The number of pyridine rings is 2. The number of carbonyl (C=O) groups is 1. The van der Waals surface area contributed by atoms with E-state index in [0.29, 0.717) is 23.9 Å². The molecule has 2 N–H and O–H groups in total. The molecule has 0 saturated heterocycles. The van der Waals surface area contributed by atoms with Gasteiger partial charge < -0.3 is 15.4 Å². The van der Waals surface area contributed by atoms with E-state index in [1.165, 1.54) is 13.3 Å². The van der Waals surface area contributed by atoms with E-state index in [9.17, 15) is 9.18 Å². The second-order valence-corrected chi connectivity index (χ2v) is 4.12. The van der Waals surface area contributed by atoms with Crippen molar-refractivity contribution in [2.45, 2.75) is 6.92 Å². The molecular formula is C14H15FN4O2. The third kappa shape index (κ3) is 3.65. The lowest BCUT2D eigenvalue weighted by Crippen LogP contribution is -2.16. The molecule has 2 rings (SSSR count). The van der Waals surface area contributed by atoms with Crippen LogP contribution in [-0.4, -0.2) is 29.5 Å². The lowest BCUT2D eigenvalue weighted by Gasteiger charge is -2.10. The van der Waals surface area contributed by atoms with Crippen LogP contribution in [0.4, 0.5) is 15.9 Å². The van der Waals surface area contributed by atoms with Crippen molar-refractivity contribution in [1.29, 1.82) is 0 Å². The summed E-state index contributed by atoms with van der Waals surface area (Å²) in [5.74, 6) is -0.272. The zero-order valence-electron chi connectivity index (χ0n) is 11.7. The van der Waals surface area contributed by atoms with Crippen LogP contribution in [0.2, 0.25) is 0 Å². The van der Waals surface area contributed by atoms with E-state index in [1.54, 1.807) is 12.1 Å². The number of aromatic nitrogens is 2. The molecule has 0 aliphatic heterocycles. The molecule has 2 aromatic rings. The number of methoxy groups -OCH3 is 1. The smallest absolute Gasteiger partial charge is 0.259 e. The number of hydrogen-bond donors (Lipinski definition) is 2. The van der Waals surface area contributed by atoms with Crippen molar-refractivity contribution in [2.75, 3.05) is 24.3 Å². The van der Waals surface area contributed by atoms with Gasteiger partial charge in [-0.15, -0.1) is 0 Å². The molecule has 0 fully saturated rings. The molecule has 0 spiro atoms. The quantitative estimate of drug-likeness (QED) is 0.883. The van der Waals surface area contributed by atoms with Crippen LogP contribution in [0.1, 0.15) is 17.3 Å². The SMILES string of the molecule is CCNc1ncc(F)cc1C(=O)Nc1ccc(OC)nc1. The summed E-state index contributed by atoms with van der Waals surface area (Å²) >= 11 is 0. The van der Waals surface area contributed by atoms with Crippen molar-refractivity contribution >= 4 is 17.4 Å². The van der Waals surface area contributed by atoms with Gasteiger partial charge in [-0.05, 0) is 19.1 Å². The van der Waals surface area contributed by atoms with Gasteiger partial charge in [-0.1, -0.05) is 0 Å². The number of carbonyl (C=O) groups excluding carboxylic acids is 1. The summed E-state index contributed by atoms with van der Waals surface area (Å²) < 4.78 is 18.2. The zero-order valence-corrected chi connectivity index (χ0v) is 11.7. The Morgan fingerprint density at radius 3 is 2.76 bits per heavy atom. The van der Waals surface area contributed by atoms with Gasteiger partial charge in [0.25, 0.3) is 5.91 Å². The van der Waals surface area contributed by atoms with Crippen molar-refractivity contribution in [3.8, 4) is 5.88 Å². The summed E-state index contributed by atoms with van der Waals surface area (Å²) in [5, 5.41) is 5.55. The van der Waals surface area contributed by atoms with E-state index >= 15 is 0 Å². The average Bonchev–Trinajstić information content (AvgIpc) is 2.50. The molecule has 7 heteroatoms. The molecule has 21 heavy (non-hydrogen) atoms. The Labute approximate surface area is 121 Å². The standard InChI is InChI=1S/C14H15FN4O2/c1-3-16-13-11(6-9(15)7-18-13)14(20)19-10-4-5-12(21-2)17-8-10/h4-8H,3H2,1-2H3,(H,16,18)(H,19,20). The highest BCUT2D eigenvalue weighted by atomic mass is 19.1. The Balaban J connectivity index is 2.20. The lowest BCUT2D eigenvalue weighted by molar-refractivity contribution is 0.102. The van der Waals surface area contributed by atoms with E-state index in [1.807, 2.05) is 6.92 Å². The van der Waals surface area contributed by atoms with Gasteiger partial charge in [-0.3, -0.25) is 4.79 Å². The Bertz CT molecular complexity index is 631. The predicted molar refractivity (Wildman–Crippen MR) is 77.1 cm³/mol. The van der Waals surface area contributed by atoms with Gasteiger partial charge in [0, 0.05) is 12.6 Å². The van der Waals surface area contributed by atoms with E-state index < -0.39 is 11.7 Å². The normalized spacial score (nSPS) is 10.0. The highest BCUT2D eigenvalue weighted by Crippen LogP contribution is 2.17. The van der Waals surface area contributed by atoms with Crippen LogP contribution < -0.4 is 15.4 Å². The maximum Gasteiger partial charge on any atom is 0.259 e. The van der Waals surface area contributed by atoms with Gasteiger partial charge in [0.15, 0.2) is 0 Å². The highest BCUT2D eigenvalue weighted by Gasteiger charge is 2.14. The number of nitrogens with one attached hydrogen (secondary N) is 2. The Morgan fingerprint density at radius 2 is 2.14 bits per heavy atom. The van der Waals surface area contributed by atoms with Crippen molar-refractivity contribution in [1.82, 2.24) is 9.97 Å². The molecule has 0 aliphatic rings. The molecular weight excluding hydrogens is 275 g/mol. The summed E-state index contributed by atoms with van der Waals surface area (Å²) in [7, 11) is 1.50. The second-order valence-electron chi connectivity index (χ2n) is 4.12. The van der Waals surface area contributed by atoms with Crippen LogP contribution in [0.25, 0.3) is 0 Å². The first kappa shape index (κ1) is 14.7. The molecule has 1 amide bonds. The highest BCUT2D eigenvalue weighted by molar-refractivity contribution is 6.07. The number of halogens is 1. The van der Waals surface area contributed by atoms with Gasteiger partial charge >= 0.3 is 0 Å². The summed E-state index contributed by atoms with van der Waals surface area (Å²) in [4.78, 5) is 20.1. The summed E-state index contributed by atoms with van der Waals surface area (Å²) in [6, 6.07) is 4.39. The monoisotopic (exact) mass is 290 g/mol. The maximum atomic E-state index is 13.3. The van der Waals surface area contributed by atoms with Gasteiger partial charge in [-0.25, -0.2) is 14.4 Å². The Hall–Kier alpha value is -2.70. The average molecular weight is 290 g/mol. The molecule has 0 bridgehead atoms. The van der Waals surface area contributed by atoms with Gasteiger partial charge in [-0.2, -0.15) is 0 Å². The summed E-state index contributed by atoms with van der Waals surface area (Å²) in [6.45, 7) is 2.43. The van der Waals surface area contributed by atoms with E-state index in [2.05, 4.69) is 20.6 Å². The predicted octanol–water partition coefficient (Wildman–Crippen LogP) is 2.31. The summed E-state index contributed by atoms with van der Waals surface area (Å²) in [5.41, 5.74) is 0.611. The molecule has 0 aromatic carbocycles. The van der Waals surface area contributed by atoms with E-state index in [0.717, 1.165) is 12.3 Å². The fourth-order valence-corrected chi connectivity index (χ4v) is 1.69. The zero-order chi connectivity index (χ0) is 15.2. The van der Waals surface area contributed by atoms with Crippen molar-refractivity contribution in [2.24, 2.45) is 0 Å². The van der Waals surface area contributed by atoms with Crippen LogP contribution in [0.3, 0.4) is 0 Å². The number of hydrogen-bond acceptors (Lipinski definition) is 5. The minimum Gasteiger partial charge on any atom is -0.481 e. The Morgan fingerprint density at radius 1 is 1.33 bits per heavy atom. The van der Waals surface area contributed by atoms with Crippen molar-refractivity contribution in [3.63, 3.8) is 0 Å². The molecule has 0 unspecified atom stereocenters. The fraction of sp³-hybridized carbons (Fsp3) is 0.214. The number of nitrogens with zero attached hydrogens (tertiary/aromatic N) is 2. The summed E-state index contributed by atoms with van der Waals surface area (Å²) in [6.07, 6.45) is 2.51. The number of rotatable bonds is 5.